The van der Waals surface area contributed by atoms with Gasteiger partial charge in [0.15, 0.2) is 5.72 Å². The summed E-state index contributed by atoms with van der Waals surface area (Å²) in [4.78, 5) is 40.2. The van der Waals surface area contributed by atoms with Crippen molar-refractivity contribution in [3.05, 3.63) is 46.5 Å². The zero-order chi connectivity index (χ0) is 31.7. The van der Waals surface area contributed by atoms with Gasteiger partial charge in [0, 0.05) is 32.9 Å². The third-order valence-corrected chi connectivity index (χ3v) is 8.89. The van der Waals surface area contributed by atoms with Crippen LogP contribution in [0.2, 0.25) is 5.02 Å². The van der Waals surface area contributed by atoms with E-state index in [1.807, 2.05) is 32.1 Å². The first-order valence-electron chi connectivity index (χ1n) is 14.3. The van der Waals surface area contributed by atoms with E-state index in [1.165, 1.54) is 19.1 Å². The molecule has 12 heteroatoms. The molecule has 3 heterocycles. The van der Waals surface area contributed by atoms with Crippen molar-refractivity contribution in [1.82, 2.24) is 5.32 Å². The average Bonchev–Trinajstić information content (AvgIpc) is 3.66. The Hall–Kier alpha value is -3.12. The van der Waals surface area contributed by atoms with Gasteiger partial charge in [-0.15, -0.1) is 0 Å². The number of amides is 2. The van der Waals surface area contributed by atoms with E-state index < -0.39 is 53.7 Å². The topological polar surface area (TPSA) is 136 Å². The second-order valence-corrected chi connectivity index (χ2v) is 12.0. The molecule has 0 radical (unpaired) electrons. The summed E-state index contributed by atoms with van der Waals surface area (Å²) >= 11 is 6.66. The summed E-state index contributed by atoms with van der Waals surface area (Å²) in [5.74, 6) is -0.854. The molecule has 2 amide bonds. The molecule has 2 N–H and O–H groups in total. The molecular weight excluding hydrogens is 580 g/mol. The lowest BCUT2D eigenvalue weighted by Gasteiger charge is -2.42. The average molecular weight is 621 g/mol. The molecule has 4 rings (SSSR count). The van der Waals surface area contributed by atoms with Crippen LogP contribution < -0.4 is 15.0 Å². The van der Waals surface area contributed by atoms with Crippen molar-refractivity contribution in [3.63, 3.8) is 0 Å². The minimum Gasteiger partial charge on any atom is -0.495 e. The van der Waals surface area contributed by atoms with Gasteiger partial charge in [0.2, 0.25) is 5.91 Å². The van der Waals surface area contributed by atoms with Gasteiger partial charge in [0.05, 0.1) is 25.3 Å². The number of anilines is 1. The number of benzene rings is 1. The molecule has 7 atom stereocenters. The second-order valence-electron chi connectivity index (χ2n) is 11.6. The summed E-state index contributed by atoms with van der Waals surface area (Å²) in [5.41, 5.74) is -0.564. The van der Waals surface area contributed by atoms with E-state index >= 15 is 0 Å². The number of esters is 1. The number of alkyl carbamates (subject to hydrolysis) is 1. The van der Waals surface area contributed by atoms with E-state index in [0.717, 1.165) is 11.1 Å². The quantitative estimate of drug-likeness (QED) is 0.377. The molecule has 7 unspecified atom stereocenters. The van der Waals surface area contributed by atoms with Crippen molar-refractivity contribution in [2.45, 2.75) is 89.1 Å². The maximum absolute atomic E-state index is 13.7. The molecule has 43 heavy (non-hydrogen) atoms. The van der Waals surface area contributed by atoms with Gasteiger partial charge >= 0.3 is 12.1 Å². The van der Waals surface area contributed by atoms with Gasteiger partial charge in [0.25, 0.3) is 0 Å². The number of nitrogens with one attached hydrogen (secondary N) is 1. The number of hydrogen-bond acceptors (Lipinski definition) is 9. The van der Waals surface area contributed by atoms with Crippen LogP contribution in [0.25, 0.3) is 0 Å². The monoisotopic (exact) mass is 620 g/mol. The third-order valence-electron chi connectivity index (χ3n) is 8.51. The summed E-state index contributed by atoms with van der Waals surface area (Å²) in [5, 5.41) is 14.3. The number of aliphatic hydroxyl groups is 1. The van der Waals surface area contributed by atoms with Crippen LogP contribution in [0.1, 0.15) is 52.5 Å². The SMILES string of the molecule is CCC(=O)OC1CC(=O)N(C)c2cc(cc(OC)c2Cl)C/C(C)=C/C=C/C(OC)C2(O)CC(OC(=O)N2)C(C)C2OC12C. The van der Waals surface area contributed by atoms with Gasteiger partial charge in [-0.25, -0.2) is 4.79 Å². The zero-order valence-corrected chi connectivity index (χ0v) is 26.4. The van der Waals surface area contributed by atoms with E-state index in [4.69, 9.17) is 35.3 Å². The summed E-state index contributed by atoms with van der Waals surface area (Å²) in [7, 11) is 4.56. The standard InChI is InChI=1S/C31H41ClN2O9/c1-8-26(36)42-24-15-25(35)34(5)20-13-19(14-21(39-6)27(20)32)12-17(2)10-9-11-23(40-7)31(38)16-22(41-29(37)33-31)18(3)28-30(24,4)43-28/h9-11,13-14,18,22-24,28,38H,8,12,15-16H2,1-7H3,(H,33,37)/b11-9+,17-10+. The van der Waals surface area contributed by atoms with Gasteiger partial charge in [0.1, 0.15) is 34.7 Å². The summed E-state index contributed by atoms with van der Waals surface area (Å²) in [6.45, 7) is 7.20. The van der Waals surface area contributed by atoms with Crippen molar-refractivity contribution >= 4 is 35.3 Å². The fourth-order valence-electron chi connectivity index (χ4n) is 5.85. The van der Waals surface area contributed by atoms with E-state index in [1.54, 1.807) is 33.0 Å². The Morgan fingerprint density at radius 3 is 2.65 bits per heavy atom. The van der Waals surface area contributed by atoms with Gasteiger partial charge < -0.3 is 33.7 Å². The number of hydrogen-bond donors (Lipinski definition) is 2. The summed E-state index contributed by atoms with van der Waals surface area (Å²) < 4.78 is 28.6. The first-order chi connectivity index (χ1) is 20.3. The number of allylic oxidation sites excluding steroid dienone is 3. The lowest BCUT2D eigenvalue weighted by Crippen LogP contribution is -2.63. The van der Waals surface area contributed by atoms with Crippen LogP contribution in [0.15, 0.2) is 35.9 Å². The first-order valence-corrected chi connectivity index (χ1v) is 14.7. The molecule has 1 aromatic carbocycles. The van der Waals surface area contributed by atoms with E-state index in [0.29, 0.717) is 17.9 Å². The Kier molecular flexibility index (Phi) is 9.80. The largest absolute Gasteiger partial charge is 0.495 e. The Morgan fingerprint density at radius 2 is 2.00 bits per heavy atom. The van der Waals surface area contributed by atoms with Gasteiger partial charge in [-0.05, 0) is 38.0 Å². The molecule has 1 aromatic rings. The lowest BCUT2D eigenvalue weighted by molar-refractivity contribution is -0.153. The van der Waals surface area contributed by atoms with Crippen LogP contribution in [0.5, 0.6) is 5.75 Å². The van der Waals surface area contributed by atoms with Crippen molar-refractivity contribution < 1.29 is 43.2 Å². The molecule has 0 aromatic heterocycles. The minimum absolute atomic E-state index is 0.00655. The molecule has 2 saturated heterocycles. The Morgan fingerprint density at radius 1 is 1.28 bits per heavy atom. The number of carbonyl (C=O) groups excluding carboxylic acids is 3. The van der Waals surface area contributed by atoms with Crippen molar-refractivity contribution in [3.8, 4) is 5.75 Å². The predicted octanol–water partition coefficient (Wildman–Crippen LogP) is 4.08. The Labute approximate surface area is 257 Å². The Bertz CT molecular complexity index is 1320. The van der Waals surface area contributed by atoms with Gasteiger partial charge in [-0.3, -0.25) is 14.9 Å². The van der Waals surface area contributed by atoms with Crippen molar-refractivity contribution in [1.29, 1.82) is 0 Å². The molecular formula is C31H41ClN2O9. The van der Waals surface area contributed by atoms with Crippen LogP contribution in [0.3, 0.4) is 0 Å². The fraction of sp³-hybridized carbons (Fsp3) is 0.581. The number of halogens is 1. The van der Waals surface area contributed by atoms with Crippen LogP contribution in [-0.4, -0.2) is 80.1 Å². The number of rotatable bonds is 4. The molecule has 2 fully saturated rings. The van der Waals surface area contributed by atoms with Crippen molar-refractivity contribution in [2.24, 2.45) is 5.92 Å². The predicted molar refractivity (Wildman–Crippen MR) is 159 cm³/mol. The first kappa shape index (κ1) is 32.8. The second kappa shape index (κ2) is 12.9. The van der Waals surface area contributed by atoms with Crippen LogP contribution in [0, 0.1) is 5.92 Å². The molecule has 236 valence electrons. The minimum atomic E-state index is -1.76. The number of fused-ring (bicyclic) bond motifs is 5. The number of nitrogens with zero attached hydrogens (tertiary/aromatic N) is 1. The molecule has 0 saturated carbocycles. The maximum Gasteiger partial charge on any atom is 0.409 e. The highest BCUT2D eigenvalue weighted by molar-refractivity contribution is 6.35. The van der Waals surface area contributed by atoms with Crippen LogP contribution in [-0.2, 0) is 35.0 Å². The highest BCUT2D eigenvalue weighted by Gasteiger charge is 2.64. The van der Waals surface area contributed by atoms with E-state index in [2.05, 4.69) is 5.32 Å². The number of epoxide rings is 1. The van der Waals surface area contributed by atoms with Gasteiger partial charge in [-0.2, -0.15) is 0 Å². The van der Waals surface area contributed by atoms with E-state index in [9.17, 15) is 19.5 Å². The van der Waals surface area contributed by atoms with Gasteiger partial charge in [-0.1, -0.05) is 49.2 Å². The normalized spacial score (nSPS) is 35.0. The van der Waals surface area contributed by atoms with Crippen LogP contribution >= 0.6 is 11.6 Å². The molecule has 3 aliphatic heterocycles. The van der Waals surface area contributed by atoms with Crippen LogP contribution in [0.4, 0.5) is 10.5 Å². The maximum atomic E-state index is 13.7. The fourth-order valence-corrected chi connectivity index (χ4v) is 6.16. The van der Waals surface area contributed by atoms with Crippen molar-refractivity contribution in [2.75, 3.05) is 26.2 Å². The molecule has 0 spiro atoms. The van der Waals surface area contributed by atoms with E-state index in [-0.39, 0.29) is 30.2 Å². The molecule has 3 aliphatic rings. The Balaban J connectivity index is 1.79. The molecule has 4 bridgehead atoms. The highest BCUT2D eigenvalue weighted by atomic mass is 35.5. The third kappa shape index (κ3) is 6.85. The lowest BCUT2D eigenvalue weighted by atomic mass is 9.83. The zero-order valence-electron chi connectivity index (χ0n) is 25.6. The molecule has 0 aliphatic carbocycles. The number of carbonyl (C=O) groups is 3. The molecule has 11 nitrogen and oxygen atoms in total. The highest BCUT2D eigenvalue weighted by Crippen LogP contribution is 2.49. The number of methoxy groups -OCH3 is 2. The smallest absolute Gasteiger partial charge is 0.409 e. The summed E-state index contributed by atoms with van der Waals surface area (Å²) in [6, 6.07) is 3.63. The number of ether oxygens (including phenoxy) is 5. The summed E-state index contributed by atoms with van der Waals surface area (Å²) in [6.07, 6.45) is 1.81.